The van der Waals surface area contributed by atoms with Gasteiger partial charge in [-0.3, -0.25) is 4.79 Å². The highest BCUT2D eigenvalue weighted by atomic mass is 79.9. The Hall–Kier alpha value is -1.04. The van der Waals surface area contributed by atoms with E-state index in [9.17, 15) is 9.90 Å². The number of phenols is 1. The molecule has 0 heterocycles. The molecule has 19 heavy (non-hydrogen) atoms. The minimum Gasteiger partial charge on any atom is -0.513 e. The van der Waals surface area contributed by atoms with E-state index in [1.54, 1.807) is 6.07 Å². The topological polar surface area (TPSA) is 58.6 Å². The molecule has 1 amide bonds. The highest BCUT2D eigenvalue weighted by Crippen LogP contribution is 2.34. The summed E-state index contributed by atoms with van der Waals surface area (Å²) in [5.41, 5.74) is 0.199. The number of carbonyl (C=O) groups is 1. The molecule has 0 unspecified atom stereocenters. The summed E-state index contributed by atoms with van der Waals surface area (Å²) in [6.07, 6.45) is 2.00. The number of carbonyl (C=O) groups excluding carboxylic acids is 1. The van der Waals surface area contributed by atoms with Crippen molar-refractivity contribution in [1.29, 1.82) is 0 Å². The van der Waals surface area contributed by atoms with Crippen molar-refractivity contribution in [3.8, 4) is 11.5 Å². The van der Waals surface area contributed by atoms with Gasteiger partial charge < -0.3 is 15.2 Å². The molecule has 0 aromatic heterocycles. The lowest BCUT2D eigenvalue weighted by molar-refractivity contribution is 0.0944. The second-order valence-corrected chi connectivity index (χ2v) is 6.68. The van der Waals surface area contributed by atoms with E-state index in [0.717, 1.165) is 12.8 Å². The first-order chi connectivity index (χ1) is 8.76. The Balaban J connectivity index is 2.35. The van der Waals surface area contributed by atoms with Crippen LogP contribution in [0, 0.1) is 0 Å². The molecular weight excluding hydrogens is 306 g/mol. The summed E-state index contributed by atoms with van der Waals surface area (Å²) in [6.45, 7) is 0. The third-order valence-electron chi connectivity index (χ3n) is 2.60. The van der Waals surface area contributed by atoms with E-state index in [4.69, 9.17) is 4.74 Å². The van der Waals surface area contributed by atoms with E-state index in [-0.39, 0.29) is 23.3 Å². The van der Waals surface area contributed by atoms with E-state index in [0.29, 0.717) is 10.2 Å². The van der Waals surface area contributed by atoms with Gasteiger partial charge in [0.15, 0.2) is 0 Å². The van der Waals surface area contributed by atoms with Crippen LogP contribution < -0.4 is 10.1 Å². The molecule has 0 bridgehead atoms. The zero-order valence-corrected chi connectivity index (χ0v) is 12.9. The van der Waals surface area contributed by atoms with Crippen molar-refractivity contribution in [1.82, 2.24) is 5.32 Å². The van der Waals surface area contributed by atoms with Crippen LogP contribution in [0.15, 0.2) is 16.6 Å². The Morgan fingerprint density at radius 2 is 2.05 bits per heavy atom. The van der Waals surface area contributed by atoms with Crippen molar-refractivity contribution in [2.45, 2.75) is 24.2 Å². The Morgan fingerprint density at radius 1 is 1.42 bits per heavy atom. The second-order valence-electron chi connectivity index (χ2n) is 5.76. The quantitative estimate of drug-likeness (QED) is 0.695. The lowest BCUT2D eigenvalue weighted by Crippen LogP contribution is -2.38. The van der Waals surface area contributed by atoms with Crippen LogP contribution in [0.25, 0.3) is 0 Å². The van der Waals surface area contributed by atoms with Gasteiger partial charge in [0.25, 0.3) is 5.91 Å². The van der Waals surface area contributed by atoms with Gasteiger partial charge in [-0.2, -0.15) is 0 Å². The van der Waals surface area contributed by atoms with Crippen LogP contribution in [0.5, 0.6) is 11.5 Å². The molecule has 0 radical (unpaired) electrons. The third-order valence-corrected chi connectivity index (χ3v) is 3.06. The minimum atomic E-state index is -0.443. The molecule has 0 atom stereocenters. The zero-order valence-electron chi connectivity index (χ0n) is 11.3. The van der Waals surface area contributed by atoms with E-state index in [1.807, 2.05) is 23.5 Å². The van der Waals surface area contributed by atoms with Gasteiger partial charge in [0, 0.05) is 15.8 Å². The predicted octanol–water partition coefficient (Wildman–Crippen LogP) is -1.06. The minimum absolute atomic E-state index is 0.0771. The summed E-state index contributed by atoms with van der Waals surface area (Å²) in [5.74, 6) is 0.0241. The molecule has 1 aliphatic carbocycles. The Labute approximate surface area is 123 Å². The maximum Gasteiger partial charge on any atom is 0.259 e. The molecule has 1 aliphatic rings. The van der Waals surface area contributed by atoms with Gasteiger partial charge >= 0.3 is 0 Å². The Morgan fingerprint density at radius 3 is 2.58 bits per heavy atom. The molecule has 0 saturated heterocycles. The number of benzene rings is 1. The van der Waals surface area contributed by atoms with Gasteiger partial charge in [-0.05, 0) is 25.0 Å². The number of halogens is 1. The third kappa shape index (κ3) is 3.96. The molecule has 0 aliphatic heterocycles. The predicted molar refractivity (Wildman–Crippen MR) is 85.3 cm³/mol. The number of phenolic OH excluding ortho intramolecular Hbond substituents is 1. The summed E-state index contributed by atoms with van der Waals surface area (Å²) in [5, 5.41) is 12.4. The van der Waals surface area contributed by atoms with E-state index in [1.165, 1.54) is 6.07 Å². The van der Waals surface area contributed by atoms with Gasteiger partial charge in [0.2, 0.25) is 0 Å². The first-order valence-electron chi connectivity index (χ1n) is 6.28. The normalized spacial score (nSPS) is 15.0. The highest BCUT2D eigenvalue weighted by Gasteiger charge is 2.28. The van der Waals surface area contributed by atoms with Crippen molar-refractivity contribution in [3.05, 3.63) is 22.2 Å². The van der Waals surface area contributed by atoms with Gasteiger partial charge in [-0.25, -0.2) is 0 Å². The molecule has 0 spiro atoms. The molecule has 98 valence electrons. The van der Waals surface area contributed by atoms with Crippen molar-refractivity contribution in [3.63, 3.8) is 0 Å². The van der Waals surface area contributed by atoms with E-state index >= 15 is 0 Å². The SMILES string of the molecule is BC(B)(B)Oc1cc(Br)cc(O)c1C(=O)NC1CC1. The zero-order chi connectivity index (χ0) is 14.2. The lowest BCUT2D eigenvalue weighted by Gasteiger charge is -2.24. The van der Waals surface area contributed by atoms with Gasteiger partial charge in [0.05, 0.1) is 0 Å². The van der Waals surface area contributed by atoms with Crippen LogP contribution in [-0.2, 0) is 0 Å². The largest absolute Gasteiger partial charge is 0.513 e. The van der Waals surface area contributed by atoms with Crippen molar-refractivity contribution in [2.24, 2.45) is 0 Å². The first kappa shape index (κ1) is 14.4. The number of hydrogen-bond donors (Lipinski definition) is 2. The number of ether oxygens (including phenoxy) is 1. The van der Waals surface area contributed by atoms with Crippen LogP contribution >= 0.6 is 15.9 Å². The Kier molecular flexibility index (Phi) is 3.90. The van der Waals surface area contributed by atoms with Crippen LogP contribution in [0.2, 0.25) is 0 Å². The summed E-state index contributed by atoms with van der Waals surface area (Å²) in [6, 6.07) is 3.43. The number of hydrogen-bond acceptors (Lipinski definition) is 3. The molecular formula is C11H15B3BrNO3. The molecule has 1 aromatic carbocycles. The average Bonchev–Trinajstić information content (AvgIpc) is 2.96. The molecule has 1 aromatic rings. The van der Waals surface area contributed by atoms with Crippen LogP contribution in [0.4, 0.5) is 0 Å². The lowest BCUT2D eigenvalue weighted by atomic mass is 9.52. The van der Waals surface area contributed by atoms with Crippen LogP contribution in [0.3, 0.4) is 0 Å². The van der Waals surface area contributed by atoms with Crippen molar-refractivity contribution < 1.29 is 14.6 Å². The van der Waals surface area contributed by atoms with Crippen molar-refractivity contribution in [2.75, 3.05) is 0 Å². The second kappa shape index (κ2) is 5.15. The number of rotatable bonds is 4. The standard InChI is InChI=1S/C11H15B3BrNO3/c12-11(13,14)19-8-4-5(15)3-7(17)9(8)10(18)16-6-1-2-6/h3-4,6,17H,1-2,12-14H2,(H,16,18). The fourth-order valence-corrected chi connectivity index (χ4v) is 2.12. The fourth-order valence-electron chi connectivity index (χ4n) is 1.69. The van der Waals surface area contributed by atoms with Gasteiger partial charge in [-0.1, -0.05) is 15.9 Å². The highest BCUT2D eigenvalue weighted by molar-refractivity contribution is 9.10. The van der Waals surface area contributed by atoms with Crippen LogP contribution in [0.1, 0.15) is 23.2 Å². The average molecular weight is 322 g/mol. The van der Waals surface area contributed by atoms with Gasteiger partial charge in [0.1, 0.15) is 40.6 Å². The summed E-state index contributed by atoms with van der Waals surface area (Å²) in [7, 11) is 5.69. The molecule has 2 rings (SSSR count). The van der Waals surface area contributed by atoms with Crippen LogP contribution in [-0.4, -0.2) is 45.9 Å². The molecule has 4 nitrogen and oxygen atoms in total. The monoisotopic (exact) mass is 321 g/mol. The van der Waals surface area contributed by atoms with E-state index in [2.05, 4.69) is 21.2 Å². The summed E-state index contributed by atoms with van der Waals surface area (Å²) in [4.78, 5) is 12.2. The van der Waals surface area contributed by atoms with Crippen molar-refractivity contribution >= 4 is 45.4 Å². The van der Waals surface area contributed by atoms with Gasteiger partial charge in [-0.15, -0.1) is 0 Å². The number of nitrogens with one attached hydrogen (secondary N) is 1. The van der Waals surface area contributed by atoms with E-state index < -0.39 is 5.30 Å². The molecule has 8 heteroatoms. The Bertz CT molecular complexity index is 515. The number of amides is 1. The smallest absolute Gasteiger partial charge is 0.259 e. The maximum absolute atomic E-state index is 12.2. The summed E-state index contributed by atoms with van der Waals surface area (Å²) < 4.78 is 6.44. The molecule has 1 saturated carbocycles. The molecule has 1 fully saturated rings. The number of aromatic hydroxyl groups is 1. The molecule has 2 N–H and O–H groups in total. The first-order valence-corrected chi connectivity index (χ1v) is 7.08. The summed E-state index contributed by atoms with van der Waals surface area (Å²) >= 11 is 3.30. The fraction of sp³-hybridized carbons (Fsp3) is 0.364. The maximum atomic E-state index is 12.2.